The first kappa shape index (κ1) is 28.0. The summed E-state index contributed by atoms with van der Waals surface area (Å²) in [6.07, 6.45) is 9.26. The van der Waals surface area contributed by atoms with E-state index in [0.717, 1.165) is 53.2 Å². The molecule has 1 fully saturated rings. The maximum Gasteiger partial charge on any atom is 0.250 e. The van der Waals surface area contributed by atoms with Crippen molar-refractivity contribution in [1.29, 1.82) is 0 Å². The molecule has 5 rings (SSSR count). The van der Waals surface area contributed by atoms with E-state index < -0.39 is 5.54 Å². The number of rotatable bonds is 4. The van der Waals surface area contributed by atoms with Crippen molar-refractivity contribution < 1.29 is 18.3 Å². The van der Waals surface area contributed by atoms with Crippen molar-refractivity contribution in [1.82, 2.24) is 14.5 Å². The molecule has 1 unspecified atom stereocenters. The molecule has 2 aliphatic heterocycles. The normalized spacial score (nSPS) is 20.2. The Morgan fingerprint density at radius 3 is 2.51 bits per heavy atom. The van der Waals surface area contributed by atoms with Crippen LogP contribution < -0.4 is 4.74 Å². The number of carbonyl (C=O) groups is 1. The summed E-state index contributed by atoms with van der Waals surface area (Å²) in [5, 5.41) is 0. The van der Waals surface area contributed by atoms with Gasteiger partial charge in [0, 0.05) is 12.7 Å². The molecule has 0 bridgehead atoms. The fourth-order valence-electron chi connectivity index (χ4n) is 4.93. The molecule has 1 saturated heterocycles. The van der Waals surface area contributed by atoms with E-state index in [9.17, 15) is 13.6 Å². The third-order valence-electron chi connectivity index (χ3n) is 7.09. The fraction of sp³-hybridized carbons (Fsp3) is 0.323. The number of nitrogens with zero attached hydrogens (tertiary/aromatic N) is 4. The van der Waals surface area contributed by atoms with Gasteiger partial charge in [0.1, 0.15) is 17.4 Å². The minimum absolute atomic E-state index is 0.120. The summed E-state index contributed by atoms with van der Waals surface area (Å²) in [6, 6.07) is 12.5. The summed E-state index contributed by atoms with van der Waals surface area (Å²) in [6.45, 7) is 7.86. The van der Waals surface area contributed by atoms with Crippen molar-refractivity contribution in [2.75, 3.05) is 13.7 Å². The highest BCUT2D eigenvalue weighted by Gasteiger charge is 2.43. The Labute approximate surface area is 228 Å². The molecule has 1 aromatic heterocycles. The minimum atomic E-state index is -0.567. The van der Waals surface area contributed by atoms with Crippen LogP contribution in [0.4, 0.5) is 8.78 Å². The van der Waals surface area contributed by atoms with Crippen LogP contribution >= 0.6 is 0 Å². The summed E-state index contributed by atoms with van der Waals surface area (Å²) in [5.41, 5.74) is 4.17. The van der Waals surface area contributed by atoms with Gasteiger partial charge < -0.3 is 14.2 Å². The number of amidine groups is 1. The number of benzene rings is 2. The molecule has 204 valence electrons. The highest BCUT2D eigenvalue weighted by Crippen LogP contribution is 2.40. The Balaban J connectivity index is 0.000000648. The molecule has 0 N–H and O–H groups in total. The van der Waals surface area contributed by atoms with Crippen molar-refractivity contribution in [3.63, 3.8) is 0 Å². The Morgan fingerprint density at radius 1 is 1.18 bits per heavy atom. The average molecular weight is 533 g/mol. The van der Waals surface area contributed by atoms with E-state index in [1.165, 1.54) is 25.1 Å². The number of hydrogen-bond donors (Lipinski definition) is 0. The molecule has 2 aromatic carbocycles. The molecule has 2 aliphatic rings. The second-order valence-electron chi connectivity index (χ2n) is 9.94. The van der Waals surface area contributed by atoms with Crippen LogP contribution in [0.3, 0.4) is 0 Å². The molecule has 0 radical (unpaired) electrons. The van der Waals surface area contributed by atoms with Gasteiger partial charge >= 0.3 is 0 Å². The van der Waals surface area contributed by atoms with Gasteiger partial charge in [-0.2, -0.15) is 4.99 Å². The largest absolute Gasteiger partial charge is 0.495 e. The van der Waals surface area contributed by atoms with Gasteiger partial charge in [0.15, 0.2) is 0 Å². The van der Waals surface area contributed by atoms with Crippen LogP contribution in [0.15, 0.2) is 77.5 Å². The number of aliphatic imine (C=N–C) groups is 1. The Hall–Kier alpha value is -4.07. The number of aromatic nitrogens is 2. The van der Waals surface area contributed by atoms with Gasteiger partial charge in [-0.1, -0.05) is 24.3 Å². The number of fused-ring (bicyclic) bond motifs is 1. The number of piperidine rings is 1. The van der Waals surface area contributed by atoms with E-state index in [1.807, 2.05) is 42.8 Å². The highest BCUT2D eigenvalue weighted by atomic mass is 19.1. The van der Waals surface area contributed by atoms with Gasteiger partial charge in [-0.15, -0.1) is 0 Å². The van der Waals surface area contributed by atoms with E-state index in [1.54, 1.807) is 32.5 Å². The maximum absolute atomic E-state index is 13.6. The minimum Gasteiger partial charge on any atom is -0.495 e. The van der Waals surface area contributed by atoms with Crippen LogP contribution in [-0.4, -0.2) is 39.8 Å². The monoisotopic (exact) mass is 532 g/mol. The lowest BCUT2D eigenvalue weighted by atomic mass is 9.82. The summed E-state index contributed by atoms with van der Waals surface area (Å²) in [4.78, 5) is 23.7. The average Bonchev–Trinajstić information content (AvgIpc) is 3.35. The molecule has 1 atom stereocenters. The first-order valence-corrected chi connectivity index (χ1v) is 13.0. The third kappa shape index (κ3) is 6.16. The lowest BCUT2D eigenvalue weighted by molar-refractivity contribution is -0.121. The summed E-state index contributed by atoms with van der Waals surface area (Å²) >= 11 is 0. The Bertz CT molecular complexity index is 1440. The first-order chi connectivity index (χ1) is 18.6. The number of halogens is 2. The van der Waals surface area contributed by atoms with Crippen molar-refractivity contribution in [2.45, 2.75) is 52.5 Å². The number of carbonyl (C=O) groups excluding carboxylic acids is 1. The van der Waals surface area contributed by atoms with Gasteiger partial charge in [0.2, 0.25) is 5.91 Å². The molecule has 1 amide bonds. The second kappa shape index (κ2) is 11.8. The van der Waals surface area contributed by atoms with E-state index in [0.29, 0.717) is 5.84 Å². The number of methoxy groups -OCH3 is 1. The summed E-state index contributed by atoms with van der Waals surface area (Å²) in [5.74, 6) is 0.880. The molecule has 0 spiro atoms. The zero-order valence-corrected chi connectivity index (χ0v) is 23.0. The third-order valence-corrected chi connectivity index (χ3v) is 7.09. The molecule has 0 aliphatic carbocycles. The van der Waals surface area contributed by atoms with Gasteiger partial charge in [-0.05, 0) is 87.6 Å². The van der Waals surface area contributed by atoms with Crippen molar-refractivity contribution in [3.05, 3.63) is 95.1 Å². The SMILES string of the molecule is C/C=C(\C)F.COc1cc(/C=C2\CCCN3C2=NC(=O)CC3(C)c2ccc(F)cc2)ccc1-n1cnc(C)c1. The number of imidazole rings is 1. The van der Waals surface area contributed by atoms with Crippen LogP contribution in [0.1, 0.15) is 56.9 Å². The smallest absolute Gasteiger partial charge is 0.250 e. The predicted octanol–water partition coefficient (Wildman–Crippen LogP) is 6.93. The predicted molar refractivity (Wildman–Crippen MR) is 150 cm³/mol. The van der Waals surface area contributed by atoms with E-state index >= 15 is 0 Å². The van der Waals surface area contributed by atoms with E-state index in [2.05, 4.69) is 21.0 Å². The molecule has 3 aromatic rings. The number of amides is 1. The summed E-state index contributed by atoms with van der Waals surface area (Å²) < 4.78 is 32.5. The van der Waals surface area contributed by atoms with E-state index in [4.69, 9.17) is 4.74 Å². The highest BCUT2D eigenvalue weighted by molar-refractivity contribution is 6.10. The van der Waals surface area contributed by atoms with Crippen molar-refractivity contribution >= 4 is 17.8 Å². The molecule has 0 saturated carbocycles. The second-order valence-corrected chi connectivity index (χ2v) is 9.94. The van der Waals surface area contributed by atoms with Crippen molar-refractivity contribution in [3.8, 4) is 11.4 Å². The topological polar surface area (TPSA) is 59.7 Å². The fourth-order valence-corrected chi connectivity index (χ4v) is 4.93. The van der Waals surface area contributed by atoms with Gasteiger partial charge in [-0.25, -0.2) is 13.8 Å². The number of ether oxygens (including phenoxy) is 1. The van der Waals surface area contributed by atoms with Gasteiger partial charge in [0.05, 0.1) is 42.6 Å². The molecule has 3 heterocycles. The van der Waals surface area contributed by atoms with Crippen LogP contribution in [0, 0.1) is 12.7 Å². The molecular weight excluding hydrogens is 498 g/mol. The maximum atomic E-state index is 13.6. The van der Waals surface area contributed by atoms with Crippen LogP contribution in [0.2, 0.25) is 0 Å². The van der Waals surface area contributed by atoms with Crippen LogP contribution in [0.25, 0.3) is 11.8 Å². The summed E-state index contributed by atoms with van der Waals surface area (Å²) in [7, 11) is 1.65. The molecule has 39 heavy (non-hydrogen) atoms. The Morgan fingerprint density at radius 2 is 1.90 bits per heavy atom. The standard InChI is InChI=1S/C27H27FN4O2.C4H7F/c1-18-16-31(17-29-18)23-11-6-19(14-24(23)34-3)13-20-5-4-12-32-26(20)30-25(33)15-27(32,2)21-7-9-22(28)10-8-21;1-3-4(2)5/h6-11,13-14,16-17H,4-5,12,15H2,1-3H3;3H,1-2H3/b20-13+;4-3+. The molecule has 8 heteroatoms. The van der Waals surface area contributed by atoms with Crippen molar-refractivity contribution in [2.24, 2.45) is 4.99 Å². The molecule has 6 nitrogen and oxygen atoms in total. The zero-order chi connectivity index (χ0) is 28.2. The zero-order valence-electron chi connectivity index (χ0n) is 23.0. The van der Waals surface area contributed by atoms with Crippen LogP contribution in [-0.2, 0) is 10.3 Å². The molecular formula is C31H34F2N4O2. The number of allylic oxidation sites excluding steroid dienone is 2. The lowest BCUT2D eigenvalue weighted by Crippen LogP contribution is -2.54. The van der Waals surface area contributed by atoms with Gasteiger partial charge in [-0.3, -0.25) is 4.79 Å². The first-order valence-electron chi connectivity index (χ1n) is 13.0. The number of hydrogen-bond acceptors (Lipinski definition) is 4. The number of aryl methyl sites for hydroxylation is 1. The quantitative estimate of drug-likeness (QED) is 0.366. The van der Waals surface area contributed by atoms with Crippen LogP contribution in [0.5, 0.6) is 5.75 Å². The van der Waals surface area contributed by atoms with Gasteiger partial charge in [0.25, 0.3) is 0 Å². The lowest BCUT2D eigenvalue weighted by Gasteiger charge is -2.48. The Kier molecular flexibility index (Phi) is 8.43. The van der Waals surface area contributed by atoms with E-state index in [-0.39, 0.29) is 24.0 Å².